The SMILES string of the molecule is CCOC(=O)c1cnc(CCN(C)C)nc1CCl. The van der Waals surface area contributed by atoms with Crippen molar-refractivity contribution in [2.45, 2.75) is 19.2 Å². The Morgan fingerprint density at radius 2 is 2.22 bits per heavy atom. The summed E-state index contributed by atoms with van der Waals surface area (Å²) in [7, 11) is 3.96. The number of esters is 1. The van der Waals surface area contributed by atoms with Crippen LogP contribution in [-0.2, 0) is 17.0 Å². The molecule has 0 saturated heterocycles. The lowest BCUT2D eigenvalue weighted by Gasteiger charge is -2.10. The van der Waals surface area contributed by atoms with Crippen LogP contribution in [0.2, 0.25) is 0 Å². The molecule has 1 aromatic rings. The van der Waals surface area contributed by atoms with Gasteiger partial charge in [-0.25, -0.2) is 14.8 Å². The number of carbonyl (C=O) groups is 1. The van der Waals surface area contributed by atoms with Crippen molar-refractivity contribution in [2.24, 2.45) is 0 Å². The average Bonchev–Trinajstić information content (AvgIpc) is 2.36. The highest BCUT2D eigenvalue weighted by atomic mass is 35.5. The van der Waals surface area contributed by atoms with E-state index in [1.807, 2.05) is 19.0 Å². The fourth-order valence-corrected chi connectivity index (χ4v) is 1.59. The number of hydrogen-bond donors (Lipinski definition) is 0. The van der Waals surface area contributed by atoms with Crippen LogP contribution in [0.5, 0.6) is 0 Å². The van der Waals surface area contributed by atoms with Crippen LogP contribution in [0.25, 0.3) is 0 Å². The van der Waals surface area contributed by atoms with Crippen molar-refractivity contribution in [1.29, 1.82) is 0 Å². The molecule has 1 aromatic heterocycles. The Morgan fingerprint density at radius 1 is 1.50 bits per heavy atom. The largest absolute Gasteiger partial charge is 0.462 e. The molecular weight excluding hydrogens is 254 g/mol. The maximum absolute atomic E-state index is 11.6. The molecular formula is C12H18ClN3O2. The molecule has 0 aliphatic carbocycles. The van der Waals surface area contributed by atoms with Gasteiger partial charge in [-0.2, -0.15) is 0 Å². The van der Waals surface area contributed by atoms with Crippen LogP contribution in [0.1, 0.15) is 28.8 Å². The van der Waals surface area contributed by atoms with Gasteiger partial charge in [-0.05, 0) is 21.0 Å². The van der Waals surface area contributed by atoms with E-state index >= 15 is 0 Å². The van der Waals surface area contributed by atoms with Crippen molar-refractivity contribution < 1.29 is 9.53 Å². The number of alkyl halides is 1. The van der Waals surface area contributed by atoms with Gasteiger partial charge < -0.3 is 9.64 Å². The van der Waals surface area contributed by atoms with Crippen molar-refractivity contribution >= 4 is 17.6 Å². The maximum Gasteiger partial charge on any atom is 0.341 e. The molecule has 0 amide bonds. The zero-order valence-corrected chi connectivity index (χ0v) is 11.7. The van der Waals surface area contributed by atoms with Gasteiger partial charge in [-0.3, -0.25) is 0 Å². The van der Waals surface area contributed by atoms with Crippen molar-refractivity contribution in [3.05, 3.63) is 23.3 Å². The monoisotopic (exact) mass is 271 g/mol. The minimum Gasteiger partial charge on any atom is -0.462 e. The van der Waals surface area contributed by atoms with Crippen LogP contribution in [0.4, 0.5) is 0 Å². The summed E-state index contributed by atoms with van der Waals surface area (Å²) < 4.78 is 4.92. The number of halogens is 1. The summed E-state index contributed by atoms with van der Waals surface area (Å²) in [5.74, 6) is 0.436. The van der Waals surface area contributed by atoms with Gasteiger partial charge in [0.05, 0.1) is 18.2 Å². The molecule has 100 valence electrons. The lowest BCUT2D eigenvalue weighted by molar-refractivity contribution is 0.0524. The lowest BCUT2D eigenvalue weighted by atomic mass is 10.2. The van der Waals surface area contributed by atoms with Crippen LogP contribution in [0.15, 0.2) is 6.20 Å². The van der Waals surface area contributed by atoms with Crippen molar-refractivity contribution in [1.82, 2.24) is 14.9 Å². The molecule has 18 heavy (non-hydrogen) atoms. The van der Waals surface area contributed by atoms with Crippen LogP contribution in [-0.4, -0.2) is 48.1 Å². The van der Waals surface area contributed by atoms with Gasteiger partial charge in [-0.15, -0.1) is 11.6 Å². The summed E-state index contributed by atoms with van der Waals surface area (Å²) >= 11 is 5.80. The molecule has 0 unspecified atom stereocenters. The summed E-state index contributed by atoms with van der Waals surface area (Å²) in [6.45, 7) is 2.92. The quantitative estimate of drug-likeness (QED) is 0.580. The summed E-state index contributed by atoms with van der Waals surface area (Å²) in [5, 5.41) is 0. The first-order valence-corrected chi connectivity index (χ1v) is 6.34. The minimum absolute atomic E-state index is 0.172. The molecule has 0 aliphatic heterocycles. The Labute approximate surface area is 112 Å². The predicted octanol–water partition coefficient (Wildman–Crippen LogP) is 1.50. The highest BCUT2D eigenvalue weighted by Gasteiger charge is 2.14. The molecule has 0 radical (unpaired) electrons. The molecule has 0 bridgehead atoms. The number of carbonyl (C=O) groups excluding carboxylic acids is 1. The standard InChI is InChI=1S/C12H18ClN3O2/c1-4-18-12(17)9-8-14-11(5-6-16(2)3)15-10(9)7-13/h8H,4-7H2,1-3H3. The number of likely N-dealkylation sites (N-methyl/N-ethyl adjacent to an activating group) is 1. The van der Waals surface area contributed by atoms with E-state index < -0.39 is 5.97 Å². The van der Waals surface area contributed by atoms with E-state index in [9.17, 15) is 4.79 Å². The average molecular weight is 272 g/mol. The van der Waals surface area contributed by atoms with Crippen molar-refractivity contribution in [2.75, 3.05) is 27.2 Å². The van der Waals surface area contributed by atoms with Crippen LogP contribution >= 0.6 is 11.6 Å². The second kappa shape index (κ2) is 7.28. The Kier molecular flexibility index (Phi) is 6.01. The third-order valence-corrected chi connectivity index (χ3v) is 2.58. The highest BCUT2D eigenvalue weighted by molar-refractivity contribution is 6.17. The highest BCUT2D eigenvalue weighted by Crippen LogP contribution is 2.10. The second-order valence-electron chi connectivity index (χ2n) is 4.05. The number of hydrogen-bond acceptors (Lipinski definition) is 5. The zero-order chi connectivity index (χ0) is 13.5. The Balaban J connectivity index is 2.86. The fraction of sp³-hybridized carbons (Fsp3) is 0.583. The number of nitrogens with zero attached hydrogens (tertiary/aromatic N) is 3. The first kappa shape index (κ1) is 14.9. The number of aromatic nitrogens is 2. The summed E-state index contributed by atoms with van der Waals surface area (Å²) in [6, 6.07) is 0. The Hall–Kier alpha value is -1.20. The van der Waals surface area contributed by atoms with Crippen molar-refractivity contribution in [3.8, 4) is 0 Å². The van der Waals surface area contributed by atoms with Gasteiger partial charge in [0.2, 0.25) is 0 Å². The summed E-state index contributed by atoms with van der Waals surface area (Å²) in [6.07, 6.45) is 2.22. The van der Waals surface area contributed by atoms with Gasteiger partial charge in [0, 0.05) is 19.2 Å². The second-order valence-corrected chi connectivity index (χ2v) is 4.32. The van der Waals surface area contributed by atoms with Crippen LogP contribution in [0.3, 0.4) is 0 Å². The maximum atomic E-state index is 11.6. The van der Waals surface area contributed by atoms with E-state index in [1.165, 1.54) is 6.20 Å². The molecule has 0 atom stereocenters. The first-order valence-electron chi connectivity index (χ1n) is 5.81. The van der Waals surface area contributed by atoms with Gasteiger partial charge in [0.15, 0.2) is 0 Å². The van der Waals surface area contributed by atoms with E-state index in [4.69, 9.17) is 16.3 Å². The van der Waals surface area contributed by atoms with E-state index in [2.05, 4.69) is 9.97 Å². The third kappa shape index (κ3) is 4.23. The molecule has 0 N–H and O–H groups in total. The van der Waals surface area contributed by atoms with Gasteiger partial charge in [0.25, 0.3) is 0 Å². The lowest BCUT2D eigenvalue weighted by Crippen LogP contribution is -2.18. The first-order chi connectivity index (χ1) is 8.58. The molecule has 0 aromatic carbocycles. The zero-order valence-electron chi connectivity index (χ0n) is 10.9. The molecule has 5 nitrogen and oxygen atoms in total. The normalized spacial score (nSPS) is 10.7. The Bertz CT molecular complexity index is 410. The molecule has 0 spiro atoms. The minimum atomic E-state index is -0.424. The number of rotatable bonds is 6. The van der Waals surface area contributed by atoms with Gasteiger partial charge >= 0.3 is 5.97 Å². The van der Waals surface area contributed by atoms with E-state index in [0.29, 0.717) is 23.7 Å². The van der Waals surface area contributed by atoms with Gasteiger partial charge in [0.1, 0.15) is 11.4 Å². The van der Waals surface area contributed by atoms with E-state index in [0.717, 1.165) is 13.0 Å². The summed E-state index contributed by atoms with van der Waals surface area (Å²) in [4.78, 5) is 22.1. The van der Waals surface area contributed by atoms with Gasteiger partial charge in [-0.1, -0.05) is 0 Å². The molecule has 0 aliphatic rings. The summed E-state index contributed by atoms with van der Waals surface area (Å²) in [5.41, 5.74) is 0.874. The van der Waals surface area contributed by atoms with Crippen LogP contribution in [0, 0.1) is 0 Å². The predicted molar refractivity (Wildman–Crippen MR) is 69.8 cm³/mol. The van der Waals surface area contributed by atoms with E-state index in [-0.39, 0.29) is 5.88 Å². The van der Waals surface area contributed by atoms with E-state index in [1.54, 1.807) is 6.92 Å². The van der Waals surface area contributed by atoms with Crippen LogP contribution < -0.4 is 0 Å². The molecule has 1 rings (SSSR count). The molecule has 6 heteroatoms. The molecule has 1 heterocycles. The smallest absolute Gasteiger partial charge is 0.341 e. The molecule has 0 saturated carbocycles. The fourth-order valence-electron chi connectivity index (χ4n) is 1.38. The third-order valence-electron chi connectivity index (χ3n) is 2.32. The topological polar surface area (TPSA) is 55.3 Å². The number of ether oxygens (including phenoxy) is 1. The molecule has 0 fully saturated rings. The Morgan fingerprint density at radius 3 is 2.78 bits per heavy atom. The van der Waals surface area contributed by atoms with Crippen molar-refractivity contribution in [3.63, 3.8) is 0 Å².